The highest BCUT2D eigenvalue weighted by Gasteiger charge is 2.32. The number of nitrogens with one attached hydrogen (secondary N) is 1. The van der Waals surface area contributed by atoms with Gasteiger partial charge in [-0.2, -0.15) is 18.3 Å². The second-order valence-corrected chi connectivity index (χ2v) is 1.46. The topological polar surface area (TPSA) is 28.7 Å². The van der Waals surface area contributed by atoms with E-state index in [1.54, 1.807) is 0 Å². The van der Waals surface area contributed by atoms with Crippen LogP contribution in [-0.4, -0.2) is 10.2 Å². The number of rotatable bonds is 0. The average Bonchev–Trinajstić information content (AvgIpc) is 2.08. The van der Waals surface area contributed by atoms with Crippen LogP contribution in [0.5, 0.6) is 0 Å². The lowest BCUT2D eigenvalue weighted by Crippen LogP contribution is -2.04. The molecule has 6 heteroatoms. The third kappa shape index (κ3) is 1.91. The summed E-state index contributed by atoms with van der Waals surface area (Å²) in [7, 11) is 0. The molecule has 2 nitrogen and oxygen atoms in total. The maximum absolute atomic E-state index is 11.5. The van der Waals surface area contributed by atoms with Crippen molar-refractivity contribution in [2.24, 2.45) is 0 Å². The molecule has 1 aromatic rings. The maximum Gasteiger partial charge on any atom is 0.435 e. The van der Waals surface area contributed by atoms with E-state index in [1.165, 1.54) is 0 Å². The lowest BCUT2D eigenvalue weighted by atomic mass is 10.4. The summed E-state index contributed by atoms with van der Waals surface area (Å²) in [5.41, 5.74) is -0.887. The Morgan fingerprint density at radius 1 is 1.40 bits per heavy atom. The first-order valence-corrected chi connectivity index (χ1v) is 2.17. The lowest BCUT2D eigenvalue weighted by molar-refractivity contribution is -0.141. The van der Waals surface area contributed by atoms with Gasteiger partial charge in [-0.3, -0.25) is 5.10 Å². The highest BCUT2D eigenvalue weighted by molar-refractivity contribution is 5.85. The van der Waals surface area contributed by atoms with Crippen LogP contribution >= 0.6 is 12.4 Å². The van der Waals surface area contributed by atoms with Gasteiger partial charge in [0, 0.05) is 6.20 Å². The highest BCUT2D eigenvalue weighted by Crippen LogP contribution is 2.26. The van der Waals surface area contributed by atoms with Gasteiger partial charge in [-0.25, -0.2) is 0 Å². The van der Waals surface area contributed by atoms with Crippen molar-refractivity contribution in [1.29, 1.82) is 0 Å². The summed E-state index contributed by atoms with van der Waals surface area (Å²) in [6.07, 6.45) is -3.19. The summed E-state index contributed by atoms with van der Waals surface area (Å²) < 4.78 is 34.6. The number of H-pyrrole nitrogens is 1. The first kappa shape index (κ1) is 9.29. The molecule has 0 aromatic carbocycles. The standard InChI is InChI=1S/C4H3F3N2.ClH/c5-4(6,7)3-1-2-8-9-3;/h1-2H,(H,8,9);1H. The molecular weight excluding hydrogens is 169 g/mol. The molecule has 0 amide bonds. The first-order valence-electron chi connectivity index (χ1n) is 2.17. The first-order chi connectivity index (χ1) is 4.11. The van der Waals surface area contributed by atoms with Gasteiger partial charge in [0.15, 0.2) is 5.69 Å². The molecule has 0 spiro atoms. The van der Waals surface area contributed by atoms with Crippen LogP contribution < -0.4 is 0 Å². The van der Waals surface area contributed by atoms with Crippen molar-refractivity contribution >= 4 is 12.4 Å². The van der Waals surface area contributed by atoms with Gasteiger partial charge in [-0.05, 0) is 6.07 Å². The normalized spacial score (nSPS) is 10.7. The van der Waals surface area contributed by atoms with Crippen molar-refractivity contribution in [3.63, 3.8) is 0 Å². The Bertz CT molecular complexity index is 181. The molecule has 1 rings (SSSR count). The molecule has 0 atom stereocenters. The fraction of sp³-hybridized carbons (Fsp3) is 0.250. The van der Waals surface area contributed by atoms with E-state index in [9.17, 15) is 13.2 Å². The van der Waals surface area contributed by atoms with Crippen LogP contribution in [0.3, 0.4) is 0 Å². The highest BCUT2D eigenvalue weighted by atomic mass is 35.5. The van der Waals surface area contributed by atoms with E-state index in [-0.39, 0.29) is 12.4 Å². The molecule has 10 heavy (non-hydrogen) atoms. The largest absolute Gasteiger partial charge is 0.435 e. The quantitative estimate of drug-likeness (QED) is 0.636. The van der Waals surface area contributed by atoms with E-state index < -0.39 is 11.9 Å². The maximum atomic E-state index is 11.5. The van der Waals surface area contributed by atoms with Crippen LogP contribution in [-0.2, 0) is 6.18 Å². The molecule has 0 bridgehead atoms. The SMILES string of the molecule is Cl.FC(F)(F)c1cc[nH]n1. The molecule has 0 aliphatic rings. The monoisotopic (exact) mass is 172 g/mol. The van der Waals surface area contributed by atoms with Crippen molar-refractivity contribution in [3.8, 4) is 0 Å². The van der Waals surface area contributed by atoms with E-state index in [2.05, 4.69) is 10.2 Å². The van der Waals surface area contributed by atoms with Crippen molar-refractivity contribution in [2.45, 2.75) is 6.18 Å². The number of hydrogen-bond acceptors (Lipinski definition) is 1. The van der Waals surface area contributed by atoms with Gasteiger partial charge in [-0.1, -0.05) is 0 Å². The Balaban J connectivity index is 0.000000810. The summed E-state index contributed by atoms with van der Waals surface area (Å²) >= 11 is 0. The summed E-state index contributed by atoms with van der Waals surface area (Å²) in [5.74, 6) is 0. The molecule has 0 fully saturated rings. The van der Waals surface area contributed by atoms with Gasteiger partial charge in [0.2, 0.25) is 0 Å². The van der Waals surface area contributed by atoms with Crippen molar-refractivity contribution in [1.82, 2.24) is 10.2 Å². The summed E-state index contributed by atoms with van der Waals surface area (Å²) in [6.45, 7) is 0. The van der Waals surface area contributed by atoms with Crippen LogP contribution in [0.15, 0.2) is 12.3 Å². The molecule has 0 saturated carbocycles. The molecule has 0 aliphatic heterocycles. The minimum atomic E-state index is -4.32. The van der Waals surface area contributed by atoms with Crippen LogP contribution in [0.1, 0.15) is 5.69 Å². The van der Waals surface area contributed by atoms with Gasteiger partial charge >= 0.3 is 6.18 Å². The molecule has 1 aromatic heterocycles. The number of halogens is 4. The van der Waals surface area contributed by atoms with Crippen molar-refractivity contribution < 1.29 is 13.2 Å². The second kappa shape index (κ2) is 2.92. The third-order valence-electron chi connectivity index (χ3n) is 0.791. The molecule has 0 radical (unpaired) electrons. The number of hydrogen-bond donors (Lipinski definition) is 1. The Kier molecular flexibility index (Phi) is 2.71. The minimum absolute atomic E-state index is 0. The fourth-order valence-electron chi connectivity index (χ4n) is 0.418. The number of nitrogens with zero attached hydrogens (tertiary/aromatic N) is 1. The van der Waals surface area contributed by atoms with E-state index in [0.29, 0.717) is 0 Å². The second-order valence-electron chi connectivity index (χ2n) is 1.46. The Morgan fingerprint density at radius 2 is 2.00 bits per heavy atom. The lowest BCUT2D eigenvalue weighted by Gasteiger charge is -1.98. The van der Waals surface area contributed by atoms with Crippen LogP contribution in [0.25, 0.3) is 0 Å². The Morgan fingerprint density at radius 3 is 2.20 bits per heavy atom. The molecule has 0 aliphatic carbocycles. The molecule has 0 saturated heterocycles. The smallest absolute Gasteiger partial charge is 0.285 e. The zero-order chi connectivity index (χ0) is 6.91. The van der Waals surface area contributed by atoms with E-state index in [0.717, 1.165) is 12.3 Å². The molecule has 58 valence electrons. The van der Waals surface area contributed by atoms with Gasteiger partial charge in [0.05, 0.1) is 0 Å². The van der Waals surface area contributed by atoms with Crippen LogP contribution in [0.2, 0.25) is 0 Å². The summed E-state index contributed by atoms with van der Waals surface area (Å²) in [6, 6.07) is 0.875. The molecule has 1 N–H and O–H groups in total. The predicted octanol–water partition coefficient (Wildman–Crippen LogP) is 1.85. The third-order valence-corrected chi connectivity index (χ3v) is 0.791. The minimum Gasteiger partial charge on any atom is -0.285 e. The zero-order valence-corrected chi connectivity index (χ0v) is 5.46. The number of aromatic nitrogens is 2. The molecule has 1 heterocycles. The van der Waals surface area contributed by atoms with Gasteiger partial charge in [0.1, 0.15) is 0 Å². The Labute approximate surface area is 60.8 Å². The average molecular weight is 173 g/mol. The zero-order valence-electron chi connectivity index (χ0n) is 4.64. The van der Waals surface area contributed by atoms with E-state index in [1.807, 2.05) is 0 Å². The summed E-state index contributed by atoms with van der Waals surface area (Å²) in [5, 5.41) is 5.00. The predicted molar refractivity (Wildman–Crippen MR) is 30.8 cm³/mol. The number of alkyl halides is 3. The van der Waals surface area contributed by atoms with Crippen LogP contribution in [0, 0.1) is 0 Å². The molecular formula is C4H4ClF3N2. The van der Waals surface area contributed by atoms with Crippen LogP contribution in [0.4, 0.5) is 13.2 Å². The molecule has 0 unspecified atom stereocenters. The van der Waals surface area contributed by atoms with Gasteiger partial charge in [-0.15, -0.1) is 12.4 Å². The van der Waals surface area contributed by atoms with Gasteiger partial charge in [0.25, 0.3) is 0 Å². The van der Waals surface area contributed by atoms with E-state index in [4.69, 9.17) is 0 Å². The summed E-state index contributed by atoms with van der Waals surface area (Å²) in [4.78, 5) is 0. The van der Waals surface area contributed by atoms with E-state index >= 15 is 0 Å². The fourth-order valence-corrected chi connectivity index (χ4v) is 0.418. The van der Waals surface area contributed by atoms with Crippen molar-refractivity contribution in [2.75, 3.05) is 0 Å². The van der Waals surface area contributed by atoms with Crippen molar-refractivity contribution in [3.05, 3.63) is 18.0 Å². The van der Waals surface area contributed by atoms with Gasteiger partial charge < -0.3 is 0 Å². The Hall–Kier alpha value is -0.710. The number of aromatic amines is 1.